The van der Waals surface area contributed by atoms with Crippen molar-refractivity contribution in [2.75, 3.05) is 0 Å². The van der Waals surface area contributed by atoms with Gasteiger partial charge in [-0.15, -0.1) is 0 Å². The first-order chi connectivity index (χ1) is 8.34. The molecule has 1 atom stereocenters. The molecule has 1 aliphatic carbocycles. The van der Waals surface area contributed by atoms with E-state index >= 15 is 0 Å². The van der Waals surface area contributed by atoms with Gasteiger partial charge in [-0.05, 0) is 11.2 Å². The Morgan fingerprint density at radius 3 is 1.67 bits per heavy atom. The summed E-state index contributed by atoms with van der Waals surface area (Å²) in [6.07, 6.45) is 1.84. The SMILES string of the molecule is BC(CC)(c1c(F)c(F)c(F)c(F)c1F)C1CC1. The van der Waals surface area contributed by atoms with Gasteiger partial charge in [0.1, 0.15) is 7.85 Å². The Labute approximate surface area is 103 Å². The van der Waals surface area contributed by atoms with Crippen LogP contribution < -0.4 is 0 Å². The standard InChI is InChI=1S/C12H12BF5/c1-2-12(13,5-3-4-5)6-7(14)9(16)11(18)10(17)8(6)15/h5H,2-4,13H2,1H3. The van der Waals surface area contributed by atoms with Crippen LogP contribution in [0.25, 0.3) is 0 Å². The van der Waals surface area contributed by atoms with Crippen molar-refractivity contribution in [2.24, 2.45) is 5.92 Å². The molecule has 0 N–H and O–H groups in total. The number of rotatable bonds is 3. The van der Waals surface area contributed by atoms with Crippen LogP contribution in [0.5, 0.6) is 0 Å². The number of halogens is 5. The van der Waals surface area contributed by atoms with Crippen LogP contribution in [-0.4, -0.2) is 7.85 Å². The fourth-order valence-electron chi connectivity index (χ4n) is 2.50. The fourth-order valence-corrected chi connectivity index (χ4v) is 2.50. The van der Waals surface area contributed by atoms with E-state index in [9.17, 15) is 22.0 Å². The average molecular weight is 262 g/mol. The van der Waals surface area contributed by atoms with Crippen molar-refractivity contribution in [2.45, 2.75) is 31.5 Å². The van der Waals surface area contributed by atoms with Crippen LogP contribution in [0.4, 0.5) is 22.0 Å². The lowest BCUT2D eigenvalue weighted by Gasteiger charge is -2.30. The van der Waals surface area contributed by atoms with Crippen LogP contribution in [0.3, 0.4) is 0 Å². The van der Waals surface area contributed by atoms with E-state index in [4.69, 9.17) is 0 Å². The van der Waals surface area contributed by atoms with Crippen molar-refractivity contribution in [1.82, 2.24) is 0 Å². The maximum absolute atomic E-state index is 13.8. The smallest absolute Gasteiger partial charge is 0.200 e. The molecule has 1 aromatic rings. The summed E-state index contributed by atoms with van der Waals surface area (Å²) in [5, 5.41) is -0.996. The van der Waals surface area contributed by atoms with Crippen molar-refractivity contribution in [1.29, 1.82) is 0 Å². The predicted octanol–water partition coefficient (Wildman–Crippen LogP) is 3.03. The van der Waals surface area contributed by atoms with Gasteiger partial charge in [-0.1, -0.05) is 26.2 Å². The Morgan fingerprint density at radius 2 is 1.33 bits per heavy atom. The maximum atomic E-state index is 13.8. The van der Waals surface area contributed by atoms with Gasteiger partial charge in [-0.2, -0.15) is 0 Å². The second-order valence-corrected chi connectivity index (χ2v) is 4.99. The lowest BCUT2D eigenvalue weighted by atomic mass is 9.58. The van der Waals surface area contributed by atoms with Crippen molar-refractivity contribution in [3.05, 3.63) is 34.6 Å². The van der Waals surface area contributed by atoms with Gasteiger partial charge in [-0.25, -0.2) is 22.0 Å². The Kier molecular flexibility index (Phi) is 3.15. The van der Waals surface area contributed by atoms with E-state index in [1.807, 2.05) is 0 Å². The summed E-state index contributed by atoms with van der Waals surface area (Å²) in [6, 6.07) is 0. The van der Waals surface area contributed by atoms with Crippen LogP contribution in [0.1, 0.15) is 31.7 Å². The highest BCUT2D eigenvalue weighted by molar-refractivity contribution is 6.16. The molecule has 18 heavy (non-hydrogen) atoms. The molecule has 0 radical (unpaired) electrons. The first-order valence-corrected chi connectivity index (χ1v) is 5.86. The van der Waals surface area contributed by atoms with Crippen LogP contribution in [-0.2, 0) is 5.31 Å². The average Bonchev–Trinajstić information content (AvgIpc) is 3.18. The van der Waals surface area contributed by atoms with Crippen molar-refractivity contribution >= 4 is 7.85 Å². The van der Waals surface area contributed by atoms with Gasteiger partial charge in [0.05, 0.1) is 0 Å². The summed E-state index contributed by atoms with van der Waals surface area (Å²) >= 11 is 0. The van der Waals surface area contributed by atoms with Crippen LogP contribution in [0, 0.1) is 35.0 Å². The van der Waals surface area contributed by atoms with Gasteiger partial charge in [-0.3, -0.25) is 0 Å². The van der Waals surface area contributed by atoms with E-state index in [1.165, 1.54) is 0 Å². The molecule has 0 heterocycles. The summed E-state index contributed by atoms with van der Waals surface area (Å²) in [5.74, 6) is -9.21. The third-order valence-corrected chi connectivity index (χ3v) is 3.99. The van der Waals surface area contributed by atoms with Gasteiger partial charge in [0, 0.05) is 5.56 Å². The minimum atomic E-state index is -2.09. The number of benzene rings is 1. The van der Waals surface area contributed by atoms with E-state index < -0.39 is 40.0 Å². The molecule has 1 fully saturated rings. The number of hydrogen-bond donors (Lipinski definition) is 0. The normalized spacial score (nSPS) is 18.8. The van der Waals surface area contributed by atoms with Gasteiger partial charge in [0.25, 0.3) is 0 Å². The largest absolute Gasteiger partial charge is 0.203 e. The zero-order valence-electron chi connectivity index (χ0n) is 10.1. The van der Waals surface area contributed by atoms with Crippen LogP contribution in [0.2, 0.25) is 0 Å². The third-order valence-electron chi connectivity index (χ3n) is 3.99. The molecular weight excluding hydrogens is 250 g/mol. The maximum Gasteiger partial charge on any atom is 0.200 e. The minimum absolute atomic E-state index is 0.0178. The second kappa shape index (κ2) is 4.25. The first kappa shape index (κ1) is 13.4. The highest BCUT2D eigenvalue weighted by Crippen LogP contribution is 2.49. The zero-order valence-corrected chi connectivity index (χ0v) is 10.1. The fraction of sp³-hybridized carbons (Fsp3) is 0.500. The Hall–Kier alpha value is -1.07. The molecule has 0 spiro atoms. The molecule has 6 heteroatoms. The van der Waals surface area contributed by atoms with Gasteiger partial charge in [0.2, 0.25) is 5.82 Å². The van der Waals surface area contributed by atoms with Gasteiger partial charge in [0.15, 0.2) is 23.3 Å². The van der Waals surface area contributed by atoms with Gasteiger partial charge < -0.3 is 0 Å². The molecule has 0 aromatic heterocycles. The number of hydrogen-bond acceptors (Lipinski definition) is 0. The minimum Gasteiger partial charge on any atom is -0.203 e. The summed E-state index contributed by atoms with van der Waals surface area (Å²) in [7, 11) is 1.56. The van der Waals surface area contributed by atoms with E-state index in [0.29, 0.717) is 6.42 Å². The molecule has 98 valence electrons. The molecular formula is C12H12BF5. The monoisotopic (exact) mass is 262 g/mol. The molecule has 0 amide bonds. The Bertz CT molecular complexity index is 469. The summed E-state index contributed by atoms with van der Waals surface area (Å²) < 4.78 is 66.9. The molecule has 0 aliphatic heterocycles. The molecule has 1 saturated carbocycles. The summed E-state index contributed by atoms with van der Waals surface area (Å²) in [5.41, 5.74) is -0.663. The topological polar surface area (TPSA) is 0 Å². The lowest BCUT2D eigenvalue weighted by Crippen LogP contribution is -2.32. The van der Waals surface area contributed by atoms with Crippen LogP contribution in [0.15, 0.2) is 0 Å². The van der Waals surface area contributed by atoms with E-state index in [-0.39, 0.29) is 5.92 Å². The van der Waals surface area contributed by atoms with E-state index in [0.717, 1.165) is 12.8 Å². The predicted molar refractivity (Wildman–Crippen MR) is 59.5 cm³/mol. The van der Waals surface area contributed by atoms with E-state index in [1.54, 1.807) is 14.8 Å². The Balaban J connectivity index is 2.70. The summed E-state index contributed by atoms with van der Waals surface area (Å²) in [6.45, 7) is 1.69. The third kappa shape index (κ3) is 1.73. The van der Waals surface area contributed by atoms with Crippen molar-refractivity contribution < 1.29 is 22.0 Å². The van der Waals surface area contributed by atoms with E-state index in [2.05, 4.69) is 0 Å². The highest BCUT2D eigenvalue weighted by Gasteiger charge is 2.46. The molecule has 0 saturated heterocycles. The first-order valence-electron chi connectivity index (χ1n) is 5.86. The molecule has 1 aliphatic rings. The van der Waals surface area contributed by atoms with Gasteiger partial charge >= 0.3 is 0 Å². The summed E-state index contributed by atoms with van der Waals surface area (Å²) in [4.78, 5) is 0. The molecule has 0 bridgehead atoms. The lowest BCUT2D eigenvalue weighted by molar-refractivity contribution is 0.348. The molecule has 1 aromatic carbocycles. The zero-order chi connectivity index (χ0) is 13.7. The highest BCUT2D eigenvalue weighted by atomic mass is 19.2. The molecule has 2 rings (SSSR count). The molecule has 0 nitrogen and oxygen atoms in total. The second-order valence-electron chi connectivity index (χ2n) is 4.99. The van der Waals surface area contributed by atoms with Crippen LogP contribution >= 0.6 is 0 Å². The van der Waals surface area contributed by atoms with Crippen molar-refractivity contribution in [3.8, 4) is 0 Å². The quantitative estimate of drug-likeness (QED) is 0.340. The molecule has 1 unspecified atom stereocenters. The Morgan fingerprint density at radius 1 is 0.944 bits per heavy atom. The van der Waals surface area contributed by atoms with Crippen molar-refractivity contribution in [3.63, 3.8) is 0 Å².